The van der Waals surface area contributed by atoms with Gasteiger partial charge in [0.15, 0.2) is 5.82 Å². The SMILES string of the molecule is Fc1ccc2c(c1)OCCCC2NCc1nnnn1C1CC1. The zero-order valence-electron chi connectivity index (χ0n) is 12.2. The van der Waals surface area contributed by atoms with Crippen molar-refractivity contribution < 1.29 is 9.13 Å². The minimum atomic E-state index is -0.267. The first-order valence-corrected chi connectivity index (χ1v) is 7.73. The van der Waals surface area contributed by atoms with Gasteiger partial charge >= 0.3 is 0 Å². The summed E-state index contributed by atoms with van der Waals surface area (Å²) in [5.41, 5.74) is 1.00. The van der Waals surface area contributed by atoms with Gasteiger partial charge in [0.05, 0.1) is 19.2 Å². The fraction of sp³-hybridized carbons (Fsp3) is 0.533. The van der Waals surface area contributed by atoms with Gasteiger partial charge in [-0.25, -0.2) is 9.07 Å². The van der Waals surface area contributed by atoms with Crippen molar-refractivity contribution >= 4 is 0 Å². The average molecular weight is 303 g/mol. The summed E-state index contributed by atoms with van der Waals surface area (Å²) in [4.78, 5) is 0. The molecule has 2 aromatic rings. The lowest BCUT2D eigenvalue weighted by Gasteiger charge is -2.18. The van der Waals surface area contributed by atoms with Gasteiger partial charge in [-0.3, -0.25) is 0 Å². The summed E-state index contributed by atoms with van der Waals surface area (Å²) in [5, 5.41) is 15.4. The molecule has 116 valence electrons. The van der Waals surface area contributed by atoms with Crippen LogP contribution in [0.25, 0.3) is 0 Å². The van der Waals surface area contributed by atoms with Gasteiger partial charge in [0.2, 0.25) is 0 Å². The van der Waals surface area contributed by atoms with Crippen LogP contribution in [-0.2, 0) is 6.54 Å². The van der Waals surface area contributed by atoms with E-state index in [1.165, 1.54) is 12.1 Å². The Morgan fingerprint density at radius 2 is 2.23 bits per heavy atom. The molecule has 6 nitrogen and oxygen atoms in total. The van der Waals surface area contributed by atoms with E-state index in [-0.39, 0.29) is 11.9 Å². The van der Waals surface area contributed by atoms with E-state index in [1.807, 2.05) is 4.68 Å². The quantitative estimate of drug-likeness (QED) is 0.937. The Balaban J connectivity index is 1.51. The smallest absolute Gasteiger partial charge is 0.165 e. The van der Waals surface area contributed by atoms with Crippen molar-refractivity contribution in [2.45, 2.75) is 44.3 Å². The number of ether oxygens (including phenoxy) is 1. The number of tetrazole rings is 1. The van der Waals surface area contributed by atoms with Crippen LogP contribution in [0.15, 0.2) is 18.2 Å². The first-order valence-electron chi connectivity index (χ1n) is 7.73. The monoisotopic (exact) mass is 303 g/mol. The summed E-state index contributed by atoms with van der Waals surface area (Å²) in [5.74, 6) is 1.23. The number of benzene rings is 1. The molecule has 0 spiro atoms. The van der Waals surface area contributed by atoms with Crippen LogP contribution in [0.2, 0.25) is 0 Å². The van der Waals surface area contributed by atoms with Crippen LogP contribution in [0, 0.1) is 5.82 Å². The van der Waals surface area contributed by atoms with Gasteiger partial charge in [0.1, 0.15) is 11.6 Å². The second kappa shape index (κ2) is 5.64. The van der Waals surface area contributed by atoms with Crippen molar-refractivity contribution in [3.05, 3.63) is 35.4 Å². The highest BCUT2D eigenvalue weighted by Gasteiger charge is 2.28. The third kappa shape index (κ3) is 2.68. The number of hydrogen-bond donors (Lipinski definition) is 1. The predicted octanol–water partition coefficient (Wildman–Crippen LogP) is 2.15. The van der Waals surface area contributed by atoms with E-state index in [2.05, 4.69) is 20.8 Å². The van der Waals surface area contributed by atoms with E-state index >= 15 is 0 Å². The van der Waals surface area contributed by atoms with Crippen molar-refractivity contribution in [3.63, 3.8) is 0 Å². The third-order valence-corrected chi connectivity index (χ3v) is 4.21. The van der Waals surface area contributed by atoms with Crippen LogP contribution in [-0.4, -0.2) is 26.8 Å². The molecule has 1 fully saturated rings. The van der Waals surface area contributed by atoms with Crippen molar-refractivity contribution in [3.8, 4) is 5.75 Å². The Bertz CT molecular complexity index is 670. The molecule has 1 atom stereocenters. The Morgan fingerprint density at radius 3 is 3.09 bits per heavy atom. The highest BCUT2D eigenvalue weighted by atomic mass is 19.1. The van der Waals surface area contributed by atoms with Crippen LogP contribution in [0.5, 0.6) is 5.75 Å². The maximum atomic E-state index is 13.4. The van der Waals surface area contributed by atoms with Crippen molar-refractivity contribution in [2.75, 3.05) is 6.61 Å². The molecular formula is C15H18FN5O. The number of fused-ring (bicyclic) bond motifs is 1. The average Bonchev–Trinajstić information content (AvgIpc) is 3.29. The van der Waals surface area contributed by atoms with Gasteiger partial charge in [0, 0.05) is 17.7 Å². The van der Waals surface area contributed by atoms with Crippen molar-refractivity contribution in [1.29, 1.82) is 0 Å². The Labute approximate surface area is 127 Å². The molecular weight excluding hydrogens is 285 g/mol. The molecule has 7 heteroatoms. The lowest BCUT2D eigenvalue weighted by Crippen LogP contribution is -2.23. The molecule has 1 unspecified atom stereocenters. The second-order valence-corrected chi connectivity index (χ2v) is 5.88. The van der Waals surface area contributed by atoms with Crippen molar-refractivity contribution in [2.24, 2.45) is 0 Å². The number of nitrogens with one attached hydrogen (secondary N) is 1. The molecule has 1 aliphatic carbocycles. The van der Waals surface area contributed by atoms with E-state index in [0.717, 1.165) is 37.1 Å². The zero-order valence-corrected chi connectivity index (χ0v) is 12.2. The zero-order chi connectivity index (χ0) is 14.9. The Kier molecular flexibility index (Phi) is 3.49. The molecule has 2 heterocycles. The lowest BCUT2D eigenvalue weighted by atomic mass is 10.0. The van der Waals surface area contributed by atoms with Gasteiger partial charge in [-0.2, -0.15) is 0 Å². The first kappa shape index (κ1) is 13.6. The molecule has 2 aliphatic rings. The molecule has 0 saturated heterocycles. The summed E-state index contributed by atoms with van der Waals surface area (Å²) < 4.78 is 20.9. The second-order valence-electron chi connectivity index (χ2n) is 5.88. The normalized spacial score (nSPS) is 21.0. The van der Waals surface area contributed by atoms with Gasteiger partial charge < -0.3 is 10.1 Å². The number of rotatable bonds is 4. The summed E-state index contributed by atoms with van der Waals surface area (Å²) in [6.07, 6.45) is 4.18. The molecule has 22 heavy (non-hydrogen) atoms. The van der Waals surface area contributed by atoms with Crippen LogP contribution in [0.3, 0.4) is 0 Å². The van der Waals surface area contributed by atoms with Gasteiger partial charge in [-0.05, 0) is 42.2 Å². The van der Waals surface area contributed by atoms with E-state index < -0.39 is 0 Å². The van der Waals surface area contributed by atoms with Gasteiger partial charge in [-0.1, -0.05) is 6.07 Å². The largest absolute Gasteiger partial charge is 0.493 e. The molecule has 4 rings (SSSR count). The van der Waals surface area contributed by atoms with E-state index in [9.17, 15) is 4.39 Å². The van der Waals surface area contributed by atoms with E-state index in [0.29, 0.717) is 24.9 Å². The Hall–Kier alpha value is -2.02. The number of nitrogens with zero attached hydrogens (tertiary/aromatic N) is 4. The number of hydrogen-bond acceptors (Lipinski definition) is 5. The molecule has 1 aromatic heterocycles. The molecule has 0 amide bonds. The summed E-state index contributed by atoms with van der Waals surface area (Å²) in [7, 11) is 0. The molecule has 1 aliphatic heterocycles. The maximum absolute atomic E-state index is 13.4. The number of halogens is 1. The van der Waals surface area contributed by atoms with E-state index in [1.54, 1.807) is 6.07 Å². The molecule has 0 bridgehead atoms. The van der Waals surface area contributed by atoms with Crippen LogP contribution < -0.4 is 10.1 Å². The standard InChI is InChI=1S/C15H18FN5O/c16-10-3-6-12-13(2-1-7-22-14(12)8-10)17-9-15-18-19-20-21(15)11-4-5-11/h3,6,8,11,13,17H,1-2,4-5,7,9H2. The molecule has 1 saturated carbocycles. The highest BCUT2D eigenvalue weighted by Crippen LogP contribution is 2.35. The third-order valence-electron chi connectivity index (χ3n) is 4.21. The summed E-state index contributed by atoms with van der Waals surface area (Å²) in [6.45, 7) is 1.22. The maximum Gasteiger partial charge on any atom is 0.165 e. The minimum absolute atomic E-state index is 0.127. The first-order chi connectivity index (χ1) is 10.8. The topological polar surface area (TPSA) is 64.9 Å². The molecule has 0 radical (unpaired) electrons. The number of aromatic nitrogens is 4. The highest BCUT2D eigenvalue weighted by molar-refractivity contribution is 5.37. The van der Waals surface area contributed by atoms with Crippen molar-refractivity contribution in [1.82, 2.24) is 25.5 Å². The molecule has 1 N–H and O–H groups in total. The van der Waals surface area contributed by atoms with E-state index in [4.69, 9.17) is 4.74 Å². The summed E-state index contributed by atoms with van der Waals surface area (Å²) >= 11 is 0. The Morgan fingerprint density at radius 1 is 1.32 bits per heavy atom. The fourth-order valence-electron chi connectivity index (χ4n) is 2.90. The lowest BCUT2D eigenvalue weighted by molar-refractivity contribution is 0.313. The van der Waals surface area contributed by atoms with Crippen LogP contribution in [0.4, 0.5) is 4.39 Å². The summed E-state index contributed by atoms with van der Waals surface area (Å²) in [6, 6.07) is 5.34. The van der Waals surface area contributed by atoms with Crippen LogP contribution in [0.1, 0.15) is 49.2 Å². The minimum Gasteiger partial charge on any atom is -0.493 e. The predicted molar refractivity (Wildman–Crippen MR) is 76.8 cm³/mol. The van der Waals surface area contributed by atoms with Crippen LogP contribution >= 0.6 is 0 Å². The van der Waals surface area contributed by atoms with Gasteiger partial charge in [0.25, 0.3) is 0 Å². The molecule has 1 aromatic carbocycles. The fourth-order valence-corrected chi connectivity index (χ4v) is 2.90. The van der Waals surface area contributed by atoms with Gasteiger partial charge in [-0.15, -0.1) is 5.10 Å².